The van der Waals surface area contributed by atoms with E-state index in [0.29, 0.717) is 11.1 Å². The number of aliphatic hydroxyl groups is 2. The van der Waals surface area contributed by atoms with Crippen LogP contribution in [0.15, 0.2) is 24.3 Å². The minimum absolute atomic E-state index is 0.108. The maximum Gasteiger partial charge on any atom is 0.160 e. The van der Waals surface area contributed by atoms with Crippen molar-refractivity contribution in [1.29, 1.82) is 0 Å². The third-order valence-corrected chi connectivity index (χ3v) is 1.87. The Bertz CT molecular complexity index is 307. The molecule has 0 unspecified atom stereocenters. The van der Waals surface area contributed by atoms with Crippen LogP contribution >= 0.6 is 0 Å². The number of carbonyl (C=O) groups is 1. The largest absolute Gasteiger partial charge is 0.393 e. The normalized spacial score (nSPS) is 12.5. The Morgan fingerprint density at radius 2 is 2.08 bits per heavy atom. The van der Waals surface area contributed by atoms with E-state index >= 15 is 0 Å². The first-order chi connectivity index (χ1) is 6.16. The van der Waals surface area contributed by atoms with E-state index in [1.807, 2.05) is 0 Å². The summed E-state index contributed by atoms with van der Waals surface area (Å²) in [4.78, 5) is 11.1. The van der Waals surface area contributed by atoms with Crippen LogP contribution in [0.1, 0.15) is 28.9 Å². The van der Waals surface area contributed by atoms with Gasteiger partial charge in [0.05, 0.1) is 6.61 Å². The van der Waals surface area contributed by atoms with Gasteiger partial charge in [0.15, 0.2) is 5.78 Å². The van der Waals surface area contributed by atoms with Crippen LogP contribution in [0.3, 0.4) is 0 Å². The summed E-state index contributed by atoms with van der Waals surface area (Å²) in [6.07, 6.45) is -0.972. The van der Waals surface area contributed by atoms with Crippen molar-refractivity contribution in [2.75, 3.05) is 6.61 Å². The van der Waals surface area contributed by atoms with Gasteiger partial charge in [-0.1, -0.05) is 24.3 Å². The predicted molar refractivity (Wildman–Crippen MR) is 48.5 cm³/mol. The third-order valence-electron chi connectivity index (χ3n) is 1.87. The summed E-state index contributed by atoms with van der Waals surface area (Å²) >= 11 is 0. The maximum absolute atomic E-state index is 11.1. The van der Waals surface area contributed by atoms with Gasteiger partial charge < -0.3 is 10.2 Å². The topological polar surface area (TPSA) is 57.5 Å². The van der Waals surface area contributed by atoms with Gasteiger partial charge in [0.25, 0.3) is 0 Å². The monoisotopic (exact) mass is 180 g/mol. The Morgan fingerprint density at radius 1 is 1.46 bits per heavy atom. The molecule has 1 rings (SSSR count). The SMILES string of the molecule is CC(=O)c1ccccc1[C@H](O)CO. The van der Waals surface area contributed by atoms with Crippen LogP contribution in [-0.4, -0.2) is 22.6 Å². The molecule has 0 saturated heterocycles. The minimum atomic E-state index is -0.972. The maximum atomic E-state index is 11.1. The molecule has 0 heterocycles. The molecular formula is C10H12O3. The minimum Gasteiger partial charge on any atom is -0.393 e. The van der Waals surface area contributed by atoms with Gasteiger partial charge in [-0.2, -0.15) is 0 Å². The zero-order valence-electron chi connectivity index (χ0n) is 7.40. The standard InChI is InChI=1S/C10H12O3/c1-7(12)8-4-2-3-5-9(8)10(13)6-11/h2-5,10-11,13H,6H2,1H3/t10-/m1/s1. The molecular weight excluding hydrogens is 168 g/mol. The Labute approximate surface area is 76.6 Å². The van der Waals surface area contributed by atoms with E-state index in [0.717, 1.165) is 0 Å². The van der Waals surface area contributed by atoms with E-state index in [1.165, 1.54) is 6.92 Å². The smallest absolute Gasteiger partial charge is 0.160 e. The van der Waals surface area contributed by atoms with Crippen molar-refractivity contribution in [1.82, 2.24) is 0 Å². The molecule has 0 amide bonds. The Balaban J connectivity index is 3.11. The van der Waals surface area contributed by atoms with Crippen LogP contribution in [-0.2, 0) is 0 Å². The van der Waals surface area contributed by atoms with Gasteiger partial charge in [0, 0.05) is 5.56 Å². The van der Waals surface area contributed by atoms with Crippen molar-refractivity contribution in [2.45, 2.75) is 13.0 Å². The van der Waals surface area contributed by atoms with Crippen LogP contribution in [0.5, 0.6) is 0 Å². The average molecular weight is 180 g/mol. The summed E-state index contributed by atoms with van der Waals surface area (Å²) in [5, 5.41) is 18.1. The second-order valence-corrected chi connectivity index (χ2v) is 2.84. The number of rotatable bonds is 3. The fourth-order valence-corrected chi connectivity index (χ4v) is 1.21. The third kappa shape index (κ3) is 2.14. The van der Waals surface area contributed by atoms with Gasteiger partial charge in [0.1, 0.15) is 6.10 Å². The molecule has 13 heavy (non-hydrogen) atoms. The number of carbonyl (C=O) groups excluding carboxylic acids is 1. The van der Waals surface area contributed by atoms with E-state index < -0.39 is 6.10 Å². The zero-order chi connectivity index (χ0) is 9.84. The lowest BCUT2D eigenvalue weighted by Gasteiger charge is -2.10. The zero-order valence-corrected chi connectivity index (χ0v) is 7.40. The Morgan fingerprint density at radius 3 is 2.62 bits per heavy atom. The number of ketones is 1. The molecule has 0 spiro atoms. The molecule has 1 atom stereocenters. The molecule has 0 aliphatic rings. The fourth-order valence-electron chi connectivity index (χ4n) is 1.21. The number of hydrogen-bond donors (Lipinski definition) is 2. The van der Waals surface area contributed by atoms with Crippen molar-refractivity contribution in [3.05, 3.63) is 35.4 Å². The molecule has 0 radical (unpaired) electrons. The molecule has 1 aromatic carbocycles. The van der Waals surface area contributed by atoms with Gasteiger partial charge in [-0.3, -0.25) is 4.79 Å². The highest BCUT2D eigenvalue weighted by Gasteiger charge is 2.12. The van der Waals surface area contributed by atoms with Gasteiger partial charge in [-0.05, 0) is 12.5 Å². The molecule has 0 saturated carbocycles. The van der Waals surface area contributed by atoms with Crippen LogP contribution in [0, 0.1) is 0 Å². The number of Topliss-reactive ketones (excluding diaryl/α,β-unsaturated/α-hetero) is 1. The van der Waals surface area contributed by atoms with E-state index in [9.17, 15) is 9.90 Å². The predicted octanol–water partition coefficient (Wildman–Crippen LogP) is 0.915. The highest BCUT2D eigenvalue weighted by molar-refractivity contribution is 5.95. The van der Waals surface area contributed by atoms with Crippen LogP contribution in [0.25, 0.3) is 0 Å². The van der Waals surface area contributed by atoms with E-state index in [1.54, 1.807) is 24.3 Å². The lowest BCUT2D eigenvalue weighted by atomic mass is 10.0. The quantitative estimate of drug-likeness (QED) is 0.680. The van der Waals surface area contributed by atoms with Crippen LogP contribution in [0.2, 0.25) is 0 Å². The molecule has 0 aromatic heterocycles. The molecule has 1 aromatic rings. The average Bonchev–Trinajstić information content (AvgIpc) is 2.16. The lowest BCUT2D eigenvalue weighted by molar-refractivity contribution is 0.0911. The van der Waals surface area contributed by atoms with Crippen molar-refractivity contribution in [3.8, 4) is 0 Å². The molecule has 0 aliphatic heterocycles. The summed E-state index contributed by atoms with van der Waals surface area (Å²) < 4.78 is 0. The molecule has 3 nitrogen and oxygen atoms in total. The van der Waals surface area contributed by atoms with Gasteiger partial charge in [-0.25, -0.2) is 0 Å². The van der Waals surface area contributed by atoms with Crippen molar-refractivity contribution in [3.63, 3.8) is 0 Å². The molecule has 70 valence electrons. The lowest BCUT2D eigenvalue weighted by Crippen LogP contribution is -2.08. The summed E-state index contributed by atoms with van der Waals surface area (Å²) in [7, 11) is 0. The second kappa shape index (κ2) is 4.16. The fraction of sp³-hybridized carbons (Fsp3) is 0.300. The number of benzene rings is 1. The highest BCUT2D eigenvalue weighted by Crippen LogP contribution is 2.17. The van der Waals surface area contributed by atoms with Gasteiger partial charge in [0.2, 0.25) is 0 Å². The van der Waals surface area contributed by atoms with E-state index in [4.69, 9.17) is 5.11 Å². The summed E-state index contributed by atoms with van der Waals surface area (Å²) in [6, 6.07) is 6.72. The first kappa shape index (κ1) is 9.89. The van der Waals surface area contributed by atoms with Crippen LogP contribution in [0.4, 0.5) is 0 Å². The van der Waals surface area contributed by atoms with Crippen molar-refractivity contribution >= 4 is 5.78 Å². The Kier molecular flexibility index (Phi) is 3.17. The second-order valence-electron chi connectivity index (χ2n) is 2.84. The van der Waals surface area contributed by atoms with Crippen LogP contribution < -0.4 is 0 Å². The molecule has 0 bridgehead atoms. The first-order valence-electron chi connectivity index (χ1n) is 4.05. The molecule has 0 fully saturated rings. The highest BCUT2D eigenvalue weighted by atomic mass is 16.3. The molecule has 2 N–H and O–H groups in total. The van der Waals surface area contributed by atoms with E-state index in [-0.39, 0.29) is 12.4 Å². The Hall–Kier alpha value is -1.19. The van der Waals surface area contributed by atoms with Gasteiger partial charge >= 0.3 is 0 Å². The molecule has 3 heteroatoms. The number of aliphatic hydroxyl groups excluding tert-OH is 2. The number of hydrogen-bond acceptors (Lipinski definition) is 3. The summed E-state index contributed by atoms with van der Waals surface area (Å²) in [5.41, 5.74) is 0.946. The van der Waals surface area contributed by atoms with Gasteiger partial charge in [-0.15, -0.1) is 0 Å². The first-order valence-corrected chi connectivity index (χ1v) is 4.05. The van der Waals surface area contributed by atoms with E-state index in [2.05, 4.69) is 0 Å². The van der Waals surface area contributed by atoms with Crippen molar-refractivity contribution < 1.29 is 15.0 Å². The summed E-state index contributed by atoms with van der Waals surface area (Å²) in [5.74, 6) is -0.108. The molecule has 0 aliphatic carbocycles. The van der Waals surface area contributed by atoms with Crippen molar-refractivity contribution in [2.24, 2.45) is 0 Å². The summed E-state index contributed by atoms with van der Waals surface area (Å²) in [6.45, 7) is 1.06.